The van der Waals surface area contributed by atoms with Gasteiger partial charge in [-0.15, -0.1) is 0 Å². The van der Waals surface area contributed by atoms with E-state index in [1.165, 1.54) is 6.07 Å². The van der Waals surface area contributed by atoms with Gasteiger partial charge in [-0.2, -0.15) is 0 Å². The van der Waals surface area contributed by atoms with Crippen molar-refractivity contribution in [3.8, 4) is 0 Å². The maximum Gasteiger partial charge on any atom is 0.257 e. The number of aliphatic hydroxyl groups excluding tert-OH is 1. The Hall–Kier alpha value is -2.35. The van der Waals surface area contributed by atoms with Crippen LogP contribution in [0.3, 0.4) is 0 Å². The predicted molar refractivity (Wildman–Crippen MR) is 108 cm³/mol. The van der Waals surface area contributed by atoms with Crippen molar-refractivity contribution in [1.29, 1.82) is 0 Å². The van der Waals surface area contributed by atoms with E-state index in [2.05, 4.69) is 10.6 Å². The molecule has 1 aliphatic rings. The van der Waals surface area contributed by atoms with Crippen molar-refractivity contribution in [2.45, 2.75) is 25.0 Å². The number of aliphatic hydroxyl groups is 1. The second-order valence-corrected chi connectivity index (χ2v) is 7.32. The lowest BCUT2D eigenvalue weighted by Crippen LogP contribution is -2.61. The number of halogens is 1. The van der Waals surface area contributed by atoms with Crippen LogP contribution in [0.25, 0.3) is 0 Å². The summed E-state index contributed by atoms with van der Waals surface area (Å²) < 4.78 is 20.4. The molecule has 1 heterocycles. The number of nitrogens with one attached hydrogen (secondary N) is 2. The van der Waals surface area contributed by atoms with Gasteiger partial charge in [0.05, 0.1) is 18.2 Å². The van der Waals surface area contributed by atoms with Gasteiger partial charge in [-0.1, -0.05) is 36.4 Å². The van der Waals surface area contributed by atoms with Gasteiger partial charge in [-0.25, -0.2) is 4.39 Å². The van der Waals surface area contributed by atoms with Gasteiger partial charge in [0.1, 0.15) is 5.82 Å². The largest absolute Gasteiger partial charge is 0.393 e. The molecule has 2 aromatic carbocycles. The zero-order valence-electron chi connectivity index (χ0n) is 15.5. The summed E-state index contributed by atoms with van der Waals surface area (Å²) in [5.74, 6) is -1.15. The number of thiocarbonyl (C=S) groups is 1. The molecule has 0 spiro atoms. The molecule has 3 rings (SSSR count). The molecule has 1 amide bonds. The first kappa shape index (κ1) is 20.4. The zero-order chi connectivity index (χ0) is 20.1. The molecule has 2 aromatic rings. The summed E-state index contributed by atoms with van der Waals surface area (Å²) >= 11 is 5.36. The smallest absolute Gasteiger partial charge is 0.257 e. The van der Waals surface area contributed by atoms with Crippen LogP contribution < -0.4 is 10.6 Å². The number of benzene rings is 2. The molecule has 1 aliphatic heterocycles. The van der Waals surface area contributed by atoms with E-state index in [4.69, 9.17) is 17.0 Å². The molecular formula is C21H23FN2O3S. The van der Waals surface area contributed by atoms with Gasteiger partial charge in [0, 0.05) is 23.7 Å². The fourth-order valence-electron chi connectivity index (χ4n) is 3.75. The van der Waals surface area contributed by atoms with Crippen molar-refractivity contribution in [2.24, 2.45) is 5.92 Å². The minimum Gasteiger partial charge on any atom is -0.393 e. The monoisotopic (exact) mass is 402 g/mol. The van der Waals surface area contributed by atoms with Crippen LogP contribution in [0.1, 0.15) is 29.3 Å². The molecular weight excluding hydrogens is 379 g/mol. The zero-order valence-corrected chi connectivity index (χ0v) is 16.3. The lowest BCUT2D eigenvalue weighted by Gasteiger charge is -2.46. The summed E-state index contributed by atoms with van der Waals surface area (Å²) in [6.07, 6.45) is -0.211. The minimum atomic E-state index is -1.10. The Morgan fingerprint density at radius 1 is 1.25 bits per heavy atom. The standard InChI is InChI=1S/C21H23FN2O3S/c1-14(25)16-11-12-27-13-21(16,17-9-5-6-10-18(17)22)24-20(28)23-19(26)15-7-3-2-4-8-15/h2-10,14,16,25H,11-13H2,1H3,(H2,23,24,26,28)/t14-,16+,21+/m1/s1. The number of ether oxygens (including phenoxy) is 1. The molecule has 0 unspecified atom stereocenters. The maximum atomic E-state index is 14.7. The molecule has 28 heavy (non-hydrogen) atoms. The Labute approximate surface area is 168 Å². The van der Waals surface area contributed by atoms with E-state index in [0.717, 1.165) is 0 Å². The molecule has 0 aromatic heterocycles. The quantitative estimate of drug-likeness (QED) is 0.686. The van der Waals surface area contributed by atoms with Crippen LogP contribution in [0, 0.1) is 11.7 Å². The Kier molecular flexibility index (Phi) is 6.39. The molecule has 0 aliphatic carbocycles. The molecule has 148 valence electrons. The highest BCUT2D eigenvalue weighted by Gasteiger charge is 2.47. The van der Waals surface area contributed by atoms with Crippen LogP contribution in [0.15, 0.2) is 54.6 Å². The Morgan fingerprint density at radius 3 is 2.61 bits per heavy atom. The van der Waals surface area contributed by atoms with Gasteiger partial charge in [0.2, 0.25) is 0 Å². The van der Waals surface area contributed by atoms with Crippen LogP contribution in [0.2, 0.25) is 0 Å². The molecule has 5 nitrogen and oxygen atoms in total. The van der Waals surface area contributed by atoms with E-state index in [-0.39, 0.29) is 23.5 Å². The average Bonchev–Trinajstić information content (AvgIpc) is 2.69. The summed E-state index contributed by atoms with van der Waals surface area (Å²) in [4.78, 5) is 12.4. The number of hydrogen-bond acceptors (Lipinski definition) is 4. The third-order valence-corrected chi connectivity index (χ3v) is 5.28. The number of rotatable bonds is 4. The van der Waals surface area contributed by atoms with Crippen LogP contribution in [0.5, 0.6) is 0 Å². The van der Waals surface area contributed by atoms with Crippen LogP contribution in [-0.4, -0.2) is 35.4 Å². The summed E-state index contributed by atoms with van der Waals surface area (Å²) in [5, 5.41) is 16.2. The van der Waals surface area contributed by atoms with Crippen molar-refractivity contribution >= 4 is 23.2 Å². The lowest BCUT2D eigenvalue weighted by molar-refractivity contribution is -0.0589. The third kappa shape index (κ3) is 4.22. The lowest BCUT2D eigenvalue weighted by atomic mass is 9.73. The number of amides is 1. The minimum absolute atomic E-state index is 0.0493. The van der Waals surface area contributed by atoms with E-state index < -0.39 is 17.5 Å². The predicted octanol–water partition coefficient (Wildman–Crippen LogP) is 2.74. The second kappa shape index (κ2) is 8.77. The molecule has 0 radical (unpaired) electrons. The second-order valence-electron chi connectivity index (χ2n) is 6.91. The summed E-state index contributed by atoms with van der Waals surface area (Å²) in [6, 6.07) is 15.0. The van der Waals surface area contributed by atoms with Crippen molar-refractivity contribution < 1.29 is 19.0 Å². The molecule has 3 atom stereocenters. The first-order valence-electron chi connectivity index (χ1n) is 9.13. The van der Waals surface area contributed by atoms with Gasteiger partial charge in [0.15, 0.2) is 5.11 Å². The van der Waals surface area contributed by atoms with Gasteiger partial charge in [-0.05, 0) is 43.8 Å². The number of hydrogen-bond donors (Lipinski definition) is 3. The summed E-state index contributed by atoms with van der Waals surface area (Å²) in [6.45, 7) is 2.24. The topological polar surface area (TPSA) is 70.6 Å². The van der Waals surface area contributed by atoms with Crippen molar-refractivity contribution in [1.82, 2.24) is 10.6 Å². The Morgan fingerprint density at radius 2 is 1.93 bits per heavy atom. The molecule has 0 bridgehead atoms. The van der Waals surface area contributed by atoms with E-state index in [1.54, 1.807) is 49.4 Å². The van der Waals surface area contributed by atoms with E-state index in [0.29, 0.717) is 24.2 Å². The molecule has 7 heteroatoms. The van der Waals surface area contributed by atoms with Crippen molar-refractivity contribution in [2.75, 3.05) is 13.2 Å². The maximum absolute atomic E-state index is 14.7. The van der Waals surface area contributed by atoms with E-state index in [9.17, 15) is 14.3 Å². The number of carbonyl (C=O) groups excluding carboxylic acids is 1. The third-order valence-electron chi connectivity index (χ3n) is 5.07. The molecule has 1 fully saturated rings. The Bertz CT molecular complexity index is 847. The normalized spacial score (nSPS) is 22.9. The molecule has 3 N–H and O–H groups in total. The van der Waals surface area contributed by atoms with Gasteiger partial charge >= 0.3 is 0 Å². The first-order valence-corrected chi connectivity index (χ1v) is 9.54. The average molecular weight is 402 g/mol. The van der Waals surface area contributed by atoms with Crippen molar-refractivity contribution in [3.05, 3.63) is 71.5 Å². The SMILES string of the molecule is C[C@@H](O)[C@@H]1CCOC[C@@]1(NC(=S)NC(=O)c1ccccc1)c1ccccc1F. The fraction of sp³-hybridized carbons (Fsp3) is 0.333. The van der Waals surface area contributed by atoms with Crippen LogP contribution in [-0.2, 0) is 10.3 Å². The highest BCUT2D eigenvalue weighted by Crippen LogP contribution is 2.39. The van der Waals surface area contributed by atoms with Crippen LogP contribution >= 0.6 is 12.2 Å². The highest BCUT2D eigenvalue weighted by atomic mass is 32.1. The number of carbonyl (C=O) groups is 1. The van der Waals surface area contributed by atoms with E-state index in [1.807, 2.05) is 6.07 Å². The fourth-order valence-corrected chi connectivity index (χ4v) is 4.02. The van der Waals surface area contributed by atoms with Gasteiger partial charge < -0.3 is 15.2 Å². The first-order chi connectivity index (χ1) is 13.4. The van der Waals surface area contributed by atoms with E-state index >= 15 is 0 Å². The summed E-state index contributed by atoms with van der Waals surface area (Å²) in [7, 11) is 0. The van der Waals surface area contributed by atoms with Gasteiger partial charge in [-0.3, -0.25) is 10.1 Å². The molecule has 1 saturated heterocycles. The van der Waals surface area contributed by atoms with Crippen LogP contribution in [0.4, 0.5) is 4.39 Å². The highest BCUT2D eigenvalue weighted by molar-refractivity contribution is 7.80. The van der Waals surface area contributed by atoms with Crippen molar-refractivity contribution in [3.63, 3.8) is 0 Å². The Balaban J connectivity index is 1.90. The van der Waals surface area contributed by atoms with Gasteiger partial charge in [0.25, 0.3) is 5.91 Å². The summed E-state index contributed by atoms with van der Waals surface area (Å²) in [5.41, 5.74) is -0.297. The molecule has 0 saturated carbocycles.